The Hall–Kier alpha value is -2.18. The summed E-state index contributed by atoms with van der Waals surface area (Å²) >= 11 is 3.30. The first-order valence-corrected chi connectivity index (χ1v) is 17.4. The summed E-state index contributed by atoms with van der Waals surface area (Å²) < 4.78 is 43.9. The molecule has 2 atom stereocenters. The first-order valence-electron chi connectivity index (χ1n) is 14.1. The van der Waals surface area contributed by atoms with Gasteiger partial charge in [0.05, 0.1) is 6.61 Å². The van der Waals surface area contributed by atoms with Crippen LogP contribution in [0.1, 0.15) is 82.1 Å². The fourth-order valence-electron chi connectivity index (χ4n) is 6.93. The molecule has 0 fully saturated rings. The fourth-order valence-corrected chi connectivity index (χ4v) is 12.3. The second-order valence-electron chi connectivity index (χ2n) is 11.7. The third-order valence-electron chi connectivity index (χ3n) is 8.52. The lowest BCUT2D eigenvalue weighted by molar-refractivity contribution is 0.339. The van der Waals surface area contributed by atoms with Crippen LogP contribution in [0.15, 0.2) is 60.7 Å². The van der Waals surface area contributed by atoms with Crippen molar-refractivity contribution < 1.29 is 17.9 Å². The van der Waals surface area contributed by atoms with Crippen molar-refractivity contribution in [1.29, 1.82) is 0 Å². The van der Waals surface area contributed by atoms with Gasteiger partial charge in [-0.1, -0.05) is 93.9 Å². The lowest BCUT2D eigenvalue weighted by atomic mass is 9.69. The first-order chi connectivity index (χ1) is 18.6. The van der Waals surface area contributed by atoms with Gasteiger partial charge in [-0.2, -0.15) is 0 Å². The van der Waals surface area contributed by atoms with Crippen LogP contribution in [-0.4, -0.2) is 20.3 Å². The third kappa shape index (κ3) is 5.97. The van der Waals surface area contributed by atoms with Crippen LogP contribution >= 0.6 is 15.9 Å². The van der Waals surface area contributed by atoms with Crippen LogP contribution in [0, 0.1) is 11.6 Å². The third-order valence-corrected chi connectivity index (χ3v) is 14.8. The molecule has 0 saturated carbocycles. The van der Waals surface area contributed by atoms with E-state index >= 15 is 8.78 Å². The molecule has 1 aliphatic rings. The maximum Gasteiger partial charge on any atom is 0.258 e. The molecule has 6 heteroatoms. The van der Waals surface area contributed by atoms with Crippen molar-refractivity contribution in [2.75, 3.05) is 11.9 Å². The Labute approximate surface area is 242 Å². The summed E-state index contributed by atoms with van der Waals surface area (Å²) in [6.45, 7) is 14.0. The summed E-state index contributed by atoms with van der Waals surface area (Å²) in [6.07, 6.45) is 1.63. The molecule has 0 unspecified atom stereocenters. The quantitative estimate of drug-likeness (QED) is 0.167. The molecule has 0 amide bonds. The maximum absolute atomic E-state index is 15.7. The van der Waals surface area contributed by atoms with Crippen molar-refractivity contribution in [2.45, 2.75) is 82.8 Å². The van der Waals surface area contributed by atoms with E-state index in [-0.39, 0.29) is 17.2 Å². The molecule has 39 heavy (non-hydrogen) atoms. The predicted molar refractivity (Wildman–Crippen MR) is 163 cm³/mol. The van der Waals surface area contributed by atoms with Gasteiger partial charge in [-0.05, 0) is 64.2 Å². The maximum atomic E-state index is 15.7. The molecule has 0 aliphatic heterocycles. The molecule has 0 saturated heterocycles. The first kappa shape index (κ1) is 29.8. The zero-order valence-corrected chi connectivity index (χ0v) is 26.5. The highest BCUT2D eigenvalue weighted by Crippen LogP contribution is 2.50. The minimum atomic E-state index is -2.13. The highest BCUT2D eigenvalue weighted by Gasteiger charge is 2.47. The lowest BCUT2D eigenvalue weighted by Crippen LogP contribution is -2.50. The average Bonchev–Trinajstić information content (AvgIpc) is 2.90. The van der Waals surface area contributed by atoms with Crippen molar-refractivity contribution >= 4 is 24.2 Å². The molecule has 0 heterocycles. The van der Waals surface area contributed by atoms with Gasteiger partial charge in [0.2, 0.25) is 0 Å². The van der Waals surface area contributed by atoms with Crippen LogP contribution in [0.25, 0.3) is 0 Å². The van der Waals surface area contributed by atoms with Gasteiger partial charge in [-0.15, -0.1) is 0 Å². The van der Waals surface area contributed by atoms with E-state index in [0.717, 1.165) is 35.3 Å². The van der Waals surface area contributed by atoms with Crippen molar-refractivity contribution in [3.05, 3.63) is 94.6 Å². The number of alkyl halides is 1. The molecule has 1 aliphatic carbocycles. The van der Waals surface area contributed by atoms with Gasteiger partial charge in [-0.25, -0.2) is 8.78 Å². The molecule has 0 radical (unpaired) electrons. The Bertz CT molecular complexity index is 1220. The Morgan fingerprint density at radius 3 is 2.03 bits per heavy atom. The smallest absolute Gasteiger partial charge is 0.258 e. The van der Waals surface area contributed by atoms with E-state index in [9.17, 15) is 0 Å². The number of aryl methyl sites for hydroxylation is 1. The van der Waals surface area contributed by atoms with Crippen LogP contribution in [0.3, 0.4) is 0 Å². The van der Waals surface area contributed by atoms with Crippen LogP contribution in [0.5, 0.6) is 11.5 Å². The molecule has 4 rings (SSSR count). The van der Waals surface area contributed by atoms with Crippen molar-refractivity contribution in [3.63, 3.8) is 0 Å². The number of fused-ring (bicyclic) bond motifs is 1. The second kappa shape index (κ2) is 12.6. The molecular weight excluding hydrogens is 574 g/mol. The number of rotatable bonds is 10. The van der Waals surface area contributed by atoms with Crippen molar-refractivity contribution in [2.24, 2.45) is 0 Å². The van der Waals surface area contributed by atoms with Gasteiger partial charge in [-0.3, -0.25) is 0 Å². The molecule has 0 bridgehead atoms. The second-order valence-corrected chi connectivity index (χ2v) is 17.8. The monoisotopic (exact) mass is 614 g/mol. The van der Waals surface area contributed by atoms with E-state index in [2.05, 4.69) is 81.7 Å². The van der Waals surface area contributed by atoms with Crippen molar-refractivity contribution in [1.82, 2.24) is 0 Å². The number of ether oxygens (including phenoxy) is 1. The molecule has 3 aromatic carbocycles. The molecule has 0 spiro atoms. The summed E-state index contributed by atoms with van der Waals surface area (Å²) in [5, 5.41) is 0.586. The Kier molecular flexibility index (Phi) is 9.59. The van der Waals surface area contributed by atoms with E-state index in [1.165, 1.54) is 12.1 Å². The summed E-state index contributed by atoms with van der Waals surface area (Å²) in [5.74, 6) is -0.527. The van der Waals surface area contributed by atoms with Gasteiger partial charge in [0.15, 0.2) is 0 Å². The standard InChI is InChI=1S/C33H41BrF2O2Si/c1-21(2)39(22(3)4,23(5)6)38-26-13-15-29-25(18-26)12-14-28(24-10-8-7-9-11-24)32(29)33-30(35)19-27(20-31(33)36)37-17-16-34/h7-11,13,15,18-23,28,32H,12,14,16-17H2,1-6H3/t28-,32+/m1/s1. The predicted octanol–water partition coefficient (Wildman–Crippen LogP) is 10.2. The Morgan fingerprint density at radius 1 is 0.846 bits per heavy atom. The largest absolute Gasteiger partial charge is 0.543 e. The van der Waals surface area contributed by atoms with E-state index < -0.39 is 25.9 Å². The van der Waals surface area contributed by atoms with E-state index in [1.807, 2.05) is 24.3 Å². The number of benzene rings is 3. The van der Waals surface area contributed by atoms with Crippen LogP contribution < -0.4 is 9.16 Å². The van der Waals surface area contributed by atoms with Crippen LogP contribution in [0.2, 0.25) is 16.6 Å². The minimum absolute atomic E-state index is 0.0424. The number of halogens is 3. The lowest BCUT2D eigenvalue weighted by Gasteiger charge is -2.42. The Balaban J connectivity index is 1.81. The normalized spacial score (nSPS) is 17.5. The zero-order chi connectivity index (χ0) is 28.3. The molecule has 0 aromatic heterocycles. The molecular formula is C33H41BrF2O2Si. The van der Waals surface area contributed by atoms with E-state index in [1.54, 1.807) is 0 Å². The van der Waals surface area contributed by atoms with Crippen LogP contribution in [-0.2, 0) is 6.42 Å². The van der Waals surface area contributed by atoms with Gasteiger partial charge < -0.3 is 9.16 Å². The average molecular weight is 616 g/mol. The molecule has 2 nitrogen and oxygen atoms in total. The van der Waals surface area contributed by atoms with Crippen molar-refractivity contribution in [3.8, 4) is 11.5 Å². The van der Waals surface area contributed by atoms with Gasteiger partial charge in [0.1, 0.15) is 23.1 Å². The summed E-state index contributed by atoms with van der Waals surface area (Å²) in [5.41, 5.74) is 4.66. The van der Waals surface area contributed by atoms with Crippen LogP contribution in [0.4, 0.5) is 8.78 Å². The molecule has 0 N–H and O–H groups in total. The summed E-state index contributed by atoms with van der Waals surface area (Å²) in [6, 6.07) is 19.0. The summed E-state index contributed by atoms with van der Waals surface area (Å²) in [4.78, 5) is 0. The molecule has 210 valence electrons. The highest BCUT2D eigenvalue weighted by atomic mass is 79.9. The van der Waals surface area contributed by atoms with Gasteiger partial charge in [0, 0.05) is 28.9 Å². The summed E-state index contributed by atoms with van der Waals surface area (Å²) in [7, 11) is -2.13. The molecule has 3 aromatic rings. The number of hydrogen-bond donors (Lipinski definition) is 0. The number of hydrogen-bond acceptors (Lipinski definition) is 2. The van der Waals surface area contributed by atoms with Gasteiger partial charge >= 0.3 is 0 Å². The minimum Gasteiger partial charge on any atom is -0.543 e. The SMILES string of the molecule is CC(C)[Si](Oc1ccc2c(c1)CC[C@H](c1ccccc1)[C@@H]2c1c(F)cc(OCCBr)cc1F)(C(C)C)C(C)C. The fraction of sp³-hybridized carbons (Fsp3) is 0.455. The zero-order valence-electron chi connectivity index (χ0n) is 23.9. The topological polar surface area (TPSA) is 18.5 Å². The Morgan fingerprint density at radius 2 is 1.46 bits per heavy atom. The van der Waals surface area contributed by atoms with E-state index in [4.69, 9.17) is 9.16 Å². The highest BCUT2D eigenvalue weighted by molar-refractivity contribution is 9.09. The van der Waals surface area contributed by atoms with E-state index in [0.29, 0.717) is 28.6 Å². The van der Waals surface area contributed by atoms with Gasteiger partial charge in [0.25, 0.3) is 8.32 Å².